The lowest BCUT2D eigenvalue weighted by molar-refractivity contribution is -0.123. The summed E-state index contributed by atoms with van der Waals surface area (Å²) in [6.07, 6.45) is 4.14. The van der Waals surface area contributed by atoms with Crippen LogP contribution in [0.1, 0.15) is 53.7 Å². The van der Waals surface area contributed by atoms with Crippen LogP contribution >= 0.6 is 0 Å². The summed E-state index contributed by atoms with van der Waals surface area (Å²) < 4.78 is 0. The molecule has 1 aliphatic rings. The third-order valence-corrected chi connectivity index (χ3v) is 6.05. The third-order valence-electron chi connectivity index (χ3n) is 6.05. The molecule has 2 amide bonds. The molecule has 5 nitrogen and oxygen atoms in total. The zero-order chi connectivity index (χ0) is 21.1. The second kappa shape index (κ2) is 8.27. The van der Waals surface area contributed by atoms with E-state index in [9.17, 15) is 9.59 Å². The van der Waals surface area contributed by atoms with E-state index in [0.717, 1.165) is 47.0 Å². The van der Waals surface area contributed by atoms with Gasteiger partial charge in [0.2, 0.25) is 5.91 Å². The molecule has 1 aliphatic carbocycles. The van der Waals surface area contributed by atoms with Crippen LogP contribution in [0, 0.1) is 13.8 Å². The van der Waals surface area contributed by atoms with Gasteiger partial charge in [-0.25, -0.2) is 4.98 Å². The first-order valence-electron chi connectivity index (χ1n) is 10.5. The number of hydrogen-bond acceptors (Lipinski definition) is 3. The molecule has 2 aromatic carbocycles. The second-order valence-electron chi connectivity index (χ2n) is 8.21. The molecule has 1 fully saturated rings. The number of hydrogen-bond donors (Lipinski definition) is 2. The molecule has 3 aromatic rings. The van der Waals surface area contributed by atoms with Crippen LogP contribution in [0.2, 0.25) is 0 Å². The number of pyridine rings is 1. The van der Waals surface area contributed by atoms with E-state index in [0.29, 0.717) is 18.5 Å². The quantitative estimate of drug-likeness (QED) is 0.652. The number of carbonyl (C=O) groups is 2. The van der Waals surface area contributed by atoms with Crippen molar-refractivity contribution in [1.82, 2.24) is 10.3 Å². The number of aryl methyl sites for hydroxylation is 2. The van der Waals surface area contributed by atoms with Gasteiger partial charge in [0.05, 0.1) is 5.52 Å². The van der Waals surface area contributed by atoms with Crippen molar-refractivity contribution < 1.29 is 9.59 Å². The first-order chi connectivity index (χ1) is 14.5. The number of fused-ring (bicyclic) bond motifs is 1. The Morgan fingerprint density at radius 2 is 1.57 bits per heavy atom. The number of benzene rings is 2. The van der Waals surface area contributed by atoms with Crippen molar-refractivity contribution in [3.05, 3.63) is 71.4 Å². The molecule has 1 heterocycles. The predicted octanol–water partition coefficient (Wildman–Crippen LogP) is 4.92. The van der Waals surface area contributed by atoms with E-state index >= 15 is 0 Å². The van der Waals surface area contributed by atoms with Gasteiger partial charge in [0.15, 0.2) is 0 Å². The van der Waals surface area contributed by atoms with Crippen LogP contribution in [0.15, 0.2) is 54.6 Å². The normalized spacial score (nSPS) is 15.5. The fourth-order valence-corrected chi connectivity index (χ4v) is 4.28. The first kappa shape index (κ1) is 20.1. The van der Waals surface area contributed by atoms with Crippen molar-refractivity contribution in [2.45, 2.75) is 51.5 Å². The monoisotopic (exact) mass is 401 g/mol. The molecule has 30 heavy (non-hydrogen) atoms. The molecular formula is C25H27N3O2. The summed E-state index contributed by atoms with van der Waals surface area (Å²) in [6.45, 7) is 3.96. The van der Waals surface area contributed by atoms with Crippen molar-refractivity contribution in [3.8, 4) is 0 Å². The van der Waals surface area contributed by atoms with E-state index in [1.165, 1.54) is 0 Å². The highest BCUT2D eigenvalue weighted by molar-refractivity contribution is 6.04. The molecule has 0 aliphatic heterocycles. The van der Waals surface area contributed by atoms with Crippen LogP contribution in [0.5, 0.6) is 0 Å². The molecule has 0 unspecified atom stereocenters. The number of aromatic nitrogens is 1. The lowest BCUT2D eigenvalue weighted by Crippen LogP contribution is -2.58. The zero-order valence-electron chi connectivity index (χ0n) is 17.5. The SMILES string of the molecule is Cc1cccc(C)c1NC(=O)C1(NC(=O)c2ccc3ccccc3n2)CCCCC1. The van der Waals surface area contributed by atoms with Gasteiger partial charge in [-0.1, -0.05) is 61.7 Å². The van der Waals surface area contributed by atoms with Gasteiger partial charge >= 0.3 is 0 Å². The maximum Gasteiger partial charge on any atom is 0.270 e. The van der Waals surface area contributed by atoms with Crippen LogP contribution in [0.4, 0.5) is 5.69 Å². The van der Waals surface area contributed by atoms with E-state index in [1.807, 2.05) is 62.4 Å². The molecule has 1 aromatic heterocycles. The summed E-state index contributed by atoms with van der Waals surface area (Å²) in [5.41, 5.74) is 3.03. The average Bonchev–Trinajstić information content (AvgIpc) is 2.76. The number of anilines is 1. The minimum Gasteiger partial charge on any atom is -0.336 e. The van der Waals surface area contributed by atoms with Gasteiger partial charge in [-0.15, -0.1) is 0 Å². The van der Waals surface area contributed by atoms with Crippen LogP contribution in [0.25, 0.3) is 10.9 Å². The maximum atomic E-state index is 13.4. The fraction of sp³-hybridized carbons (Fsp3) is 0.320. The van der Waals surface area contributed by atoms with Gasteiger partial charge in [-0.2, -0.15) is 0 Å². The molecule has 0 bridgehead atoms. The molecule has 5 heteroatoms. The Kier molecular flexibility index (Phi) is 5.53. The Balaban J connectivity index is 1.61. The molecule has 154 valence electrons. The third kappa shape index (κ3) is 3.92. The largest absolute Gasteiger partial charge is 0.336 e. The number of carbonyl (C=O) groups excluding carboxylic acids is 2. The Morgan fingerprint density at radius 3 is 2.30 bits per heavy atom. The van der Waals surface area contributed by atoms with Gasteiger partial charge in [-0.05, 0) is 49.9 Å². The highest BCUT2D eigenvalue weighted by Crippen LogP contribution is 2.31. The maximum absolute atomic E-state index is 13.4. The van der Waals surface area contributed by atoms with Crippen molar-refractivity contribution in [2.75, 3.05) is 5.32 Å². The van der Waals surface area contributed by atoms with E-state index in [-0.39, 0.29) is 11.8 Å². The molecule has 2 N–H and O–H groups in total. The topological polar surface area (TPSA) is 71.1 Å². The summed E-state index contributed by atoms with van der Waals surface area (Å²) in [5, 5.41) is 7.14. The predicted molar refractivity (Wildman–Crippen MR) is 120 cm³/mol. The summed E-state index contributed by atoms with van der Waals surface area (Å²) in [6, 6.07) is 17.2. The van der Waals surface area contributed by atoms with Gasteiger partial charge in [-0.3, -0.25) is 9.59 Å². The molecule has 0 saturated heterocycles. The van der Waals surface area contributed by atoms with Crippen LogP contribution in [0.3, 0.4) is 0 Å². The summed E-state index contributed by atoms with van der Waals surface area (Å²) in [7, 11) is 0. The Bertz CT molecular complexity index is 1080. The number of amides is 2. The first-order valence-corrected chi connectivity index (χ1v) is 10.5. The van der Waals surface area contributed by atoms with E-state index in [2.05, 4.69) is 15.6 Å². The van der Waals surface area contributed by atoms with Crippen molar-refractivity contribution in [3.63, 3.8) is 0 Å². The van der Waals surface area contributed by atoms with Crippen molar-refractivity contribution >= 4 is 28.4 Å². The summed E-state index contributed by atoms with van der Waals surface area (Å²) in [4.78, 5) is 31.0. The van der Waals surface area contributed by atoms with Crippen LogP contribution < -0.4 is 10.6 Å². The number of para-hydroxylation sites is 2. The smallest absolute Gasteiger partial charge is 0.270 e. The lowest BCUT2D eigenvalue weighted by Gasteiger charge is -2.36. The average molecular weight is 402 g/mol. The van der Waals surface area contributed by atoms with Crippen molar-refractivity contribution in [1.29, 1.82) is 0 Å². The number of nitrogens with zero attached hydrogens (tertiary/aromatic N) is 1. The zero-order valence-corrected chi connectivity index (χ0v) is 17.5. The molecule has 0 spiro atoms. The minimum absolute atomic E-state index is 0.145. The Labute approximate surface area is 176 Å². The molecular weight excluding hydrogens is 374 g/mol. The molecule has 0 radical (unpaired) electrons. The standard InChI is InChI=1S/C25H27N3O2/c1-17-9-8-10-18(2)22(17)27-24(30)25(15-6-3-7-16-25)28-23(29)21-14-13-19-11-4-5-12-20(19)26-21/h4-5,8-14H,3,6-7,15-16H2,1-2H3,(H,27,30)(H,28,29). The van der Waals surface area contributed by atoms with Gasteiger partial charge < -0.3 is 10.6 Å². The van der Waals surface area contributed by atoms with E-state index in [1.54, 1.807) is 6.07 Å². The minimum atomic E-state index is -0.919. The van der Waals surface area contributed by atoms with E-state index < -0.39 is 5.54 Å². The summed E-state index contributed by atoms with van der Waals surface area (Å²) >= 11 is 0. The summed E-state index contributed by atoms with van der Waals surface area (Å²) in [5.74, 6) is -0.451. The fourth-order valence-electron chi connectivity index (χ4n) is 4.28. The Hall–Kier alpha value is -3.21. The number of nitrogens with one attached hydrogen (secondary N) is 2. The highest BCUT2D eigenvalue weighted by atomic mass is 16.2. The number of rotatable bonds is 4. The van der Waals surface area contributed by atoms with Crippen LogP contribution in [-0.2, 0) is 4.79 Å². The molecule has 4 rings (SSSR count). The van der Waals surface area contributed by atoms with E-state index in [4.69, 9.17) is 0 Å². The highest BCUT2D eigenvalue weighted by Gasteiger charge is 2.41. The van der Waals surface area contributed by atoms with Gasteiger partial charge in [0.25, 0.3) is 5.91 Å². The van der Waals surface area contributed by atoms with Crippen molar-refractivity contribution in [2.24, 2.45) is 0 Å². The van der Waals surface area contributed by atoms with Gasteiger partial charge in [0.1, 0.15) is 11.2 Å². The second-order valence-corrected chi connectivity index (χ2v) is 8.21. The lowest BCUT2D eigenvalue weighted by atomic mass is 9.80. The van der Waals surface area contributed by atoms with Gasteiger partial charge in [0, 0.05) is 11.1 Å². The Morgan fingerprint density at radius 1 is 0.867 bits per heavy atom. The molecule has 0 atom stereocenters. The van der Waals surface area contributed by atoms with Crippen LogP contribution in [-0.4, -0.2) is 22.3 Å². The molecule has 1 saturated carbocycles.